The van der Waals surface area contributed by atoms with Crippen molar-refractivity contribution in [2.24, 2.45) is 0 Å². The average molecular weight is 535 g/mol. The lowest BCUT2D eigenvalue weighted by atomic mass is 10.1. The van der Waals surface area contributed by atoms with Crippen molar-refractivity contribution in [1.29, 1.82) is 0 Å². The van der Waals surface area contributed by atoms with Gasteiger partial charge in [0.25, 0.3) is 0 Å². The molecule has 0 radical (unpaired) electrons. The third-order valence-corrected chi connectivity index (χ3v) is 6.22. The zero-order valence-corrected chi connectivity index (χ0v) is 20.2. The van der Waals surface area contributed by atoms with Gasteiger partial charge >= 0.3 is 0 Å². The molecule has 6 heteroatoms. The van der Waals surface area contributed by atoms with Gasteiger partial charge in [0.05, 0.1) is 13.2 Å². The molecular weight excluding hydrogens is 510 g/mol. The second-order valence-electron chi connectivity index (χ2n) is 7.10. The Bertz CT molecular complexity index is 966. The molecule has 158 valence electrons. The highest BCUT2D eigenvalue weighted by atomic mass is 79.9. The summed E-state index contributed by atoms with van der Waals surface area (Å²) in [4.78, 5) is 2.09. The van der Waals surface area contributed by atoms with Gasteiger partial charge in [-0.25, -0.2) is 0 Å². The number of nitrogens with zero attached hydrogens (tertiary/aromatic N) is 1. The Morgan fingerprint density at radius 1 is 0.933 bits per heavy atom. The van der Waals surface area contributed by atoms with Crippen molar-refractivity contribution < 1.29 is 14.6 Å². The van der Waals surface area contributed by atoms with E-state index in [0.717, 1.165) is 26.6 Å². The van der Waals surface area contributed by atoms with Crippen LogP contribution in [-0.2, 0) is 13.2 Å². The van der Waals surface area contributed by atoms with Crippen LogP contribution in [0.25, 0.3) is 0 Å². The summed E-state index contributed by atoms with van der Waals surface area (Å²) in [6, 6.07) is 21.8. The summed E-state index contributed by atoms with van der Waals surface area (Å²) < 4.78 is 13.3. The Morgan fingerprint density at radius 2 is 1.63 bits per heavy atom. The Morgan fingerprint density at radius 3 is 2.33 bits per heavy atom. The standard InChI is InChI=1S/C24H25Br2NO3/c1-27(14-18-10-6-7-11-20(18)25)15-22(28)19-12-23(29-2)24(13-21(19)26)30-16-17-8-4-3-5-9-17/h3-13,22,28H,14-16H2,1-2H3. The van der Waals surface area contributed by atoms with E-state index in [1.807, 2.05) is 67.7 Å². The molecule has 1 N–H and O–H groups in total. The molecule has 0 aliphatic rings. The molecule has 1 unspecified atom stereocenters. The molecule has 0 aliphatic carbocycles. The van der Waals surface area contributed by atoms with Crippen LogP contribution in [0.5, 0.6) is 11.5 Å². The monoisotopic (exact) mass is 533 g/mol. The van der Waals surface area contributed by atoms with Gasteiger partial charge in [0.2, 0.25) is 0 Å². The van der Waals surface area contributed by atoms with Crippen LogP contribution in [0.3, 0.4) is 0 Å². The minimum Gasteiger partial charge on any atom is -0.493 e. The van der Waals surface area contributed by atoms with Crippen molar-refractivity contribution in [2.45, 2.75) is 19.3 Å². The number of ether oxygens (including phenoxy) is 2. The summed E-state index contributed by atoms with van der Waals surface area (Å²) in [5.74, 6) is 1.22. The third kappa shape index (κ3) is 6.08. The van der Waals surface area contributed by atoms with Crippen LogP contribution in [0, 0.1) is 0 Å². The first kappa shape index (κ1) is 22.8. The number of halogens is 2. The topological polar surface area (TPSA) is 41.9 Å². The highest BCUT2D eigenvalue weighted by Gasteiger charge is 2.18. The predicted molar refractivity (Wildman–Crippen MR) is 127 cm³/mol. The fraction of sp³-hybridized carbons (Fsp3) is 0.250. The third-order valence-electron chi connectivity index (χ3n) is 4.76. The molecule has 0 aliphatic heterocycles. The molecular formula is C24H25Br2NO3. The molecule has 0 heterocycles. The summed E-state index contributed by atoms with van der Waals surface area (Å²) in [6.45, 7) is 1.65. The minimum atomic E-state index is -0.677. The van der Waals surface area contributed by atoms with Gasteiger partial charge in [0, 0.05) is 22.0 Å². The van der Waals surface area contributed by atoms with Crippen molar-refractivity contribution in [3.05, 3.63) is 92.4 Å². The fourth-order valence-electron chi connectivity index (χ4n) is 3.19. The Balaban J connectivity index is 1.69. The average Bonchev–Trinajstić information content (AvgIpc) is 2.74. The van der Waals surface area contributed by atoms with E-state index < -0.39 is 6.10 Å². The lowest BCUT2D eigenvalue weighted by Crippen LogP contribution is -2.24. The van der Waals surface area contributed by atoms with E-state index in [1.165, 1.54) is 5.56 Å². The van der Waals surface area contributed by atoms with Crippen LogP contribution in [0.4, 0.5) is 0 Å². The van der Waals surface area contributed by atoms with Crippen molar-refractivity contribution in [1.82, 2.24) is 4.90 Å². The molecule has 0 spiro atoms. The predicted octanol–water partition coefficient (Wildman–Crippen LogP) is 5.96. The van der Waals surface area contributed by atoms with Gasteiger partial charge in [-0.05, 0) is 41.9 Å². The lowest BCUT2D eigenvalue weighted by molar-refractivity contribution is 0.122. The highest BCUT2D eigenvalue weighted by Crippen LogP contribution is 2.37. The van der Waals surface area contributed by atoms with Crippen molar-refractivity contribution in [2.75, 3.05) is 20.7 Å². The Kier molecular flexibility index (Phi) is 8.33. The van der Waals surface area contributed by atoms with E-state index in [1.54, 1.807) is 7.11 Å². The molecule has 0 amide bonds. The zero-order valence-electron chi connectivity index (χ0n) is 17.0. The molecule has 30 heavy (non-hydrogen) atoms. The van der Waals surface area contributed by atoms with Gasteiger partial charge in [-0.1, -0.05) is 80.4 Å². The smallest absolute Gasteiger partial charge is 0.162 e. The molecule has 3 rings (SSSR count). The van der Waals surface area contributed by atoms with Crippen LogP contribution in [0.2, 0.25) is 0 Å². The number of benzene rings is 3. The number of methoxy groups -OCH3 is 1. The van der Waals surface area contributed by atoms with Crippen molar-refractivity contribution >= 4 is 31.9 Å². The van der Waals surface area contributed by atoms with Gasteiger partial charge < -0.3 is 14.6 Å². The molecule has 1 atom stereocenters. The second-order valence-corrected chi connectivity index (χ2v) is 8.81. The highest BCUT2D eigenvalue weighted by molar-refractivity contribution is 9.10. The van der Waals surface area contributed by atoms with E-state index >= 15 is 0 Å². The summed E-state index contributed by atoms with van der Waals surface area (Å²) in [7, 11) is 3.60. The summed E-state index contributed by atoms with van der Waals surface area (Å²) >= 11 is 7.16. The molecule has 0 bridgehead atoms. The maximum atomic E-state index is 10.9. The largest absolute Gasteiger partial charge is 0.493 e. The first-order valence-corrected chi connectivity index (χ1v) is 11.2. The van der Waals surface area contributed by atoms with E-state index in [4.69, 9.17) is 9.47 Å². The first-order valence-electron chi connectivity index (χ1n) is 9.62. The fourth-order valence-corrected chi connectivity index (χ4v) is 4.19. The summed E-state index contributed by atoms with van der Waals surface area (Å²) in [5, 5.41) is 10.9. The normalized spacial score (nSPS) is 12.1. The Hall–Kier alpha value is -1.86. The van der Waals surface area contributed by atoms with E-state index in [9.17, 15) is 5.11 Å². The number of rotatable bonds is 9. The van der Waals surface area contributed by atoms with Crippen molar-refractivity contribution in [3.63, 3.8) is 0 Å². The number of aliphatic hydroxyl groups is 1. The Labute approximate surface area is 194 Å². The van der Waals surface area contributed by atoms with Gasteiger partial charge in [0.1, 0.15) is 6.61 Å². The van der Waals surface area contributed by atoms with Gasteiger partial charge in [-0.15, -0.1) is 0 Å². The minimum absolute atomic E-state index is 0.445. The number of hydrogen-bond donors (Lipinski definition) is 1. The zero-order chi connectivity index (χ0) is 21.5. The lowest BCUT2D eigenvalue weighted by Gasteiger charge is -2.23. The maximum absolute atomic E-state index is 10.9. The number of likely N-dealkylation sites (N-methyl/N-ethyl adjacent to an activating group) is 1. The quantitative estimate of drug-likeness (QED) is 0.367. The summed E-state index contributed by atoms with van der Waals surface area (Å²) in [5.41, 5.74) is 3.01. The van der Waals surface area contributed by atoms with Crippen LogP contribution >= 0.6 is 31.9 Å². The molecule has 0 saturated carbocycles. The van der Waals surface area contributed by atoms with E-state index in [0.29, 0.717) is 24.7 Å². The number of aliphatic hydroxyl groups excluding tert-OH is 1. The van der Waals surface area contributed by atoms with Gasteiger partial charge in [-0.3, -0.25) is 4.90 Å². The summed E-state index contributed by atoms with van der Waals surface area (Å²) in [6.07, 6.45) is -0.677. The van der Waals surface area contributed by atoms with Crippen LogP contribution in [0.15, 0.2) is 75.7 Å². The SMILES string of the molecule is COc1cc(C(O)CN(C)Cc2ccccc2Br)c(Br)cc1OCc1ccccc1. The van der Waals surface area contributed by atoms with Crippen molar-refractivity contribution in [3.8, 4) is 11.5 Å². The van der Waals surface area contributed by atoms with E-state index in [-0.39, 0.29) is 0 Å². The first-order chi connectivity index (χ1) is 14.5. The molecule has 3 aromatic rings. The molecule has 0 saturated heterocycles. The molecule has 0 aromatic heterocycles. The molecule has 4 nitrogen and oxygen atoms in total. The molecule has 0 fully saturated rings. The number of hydrogen-bond acceptors (Lipinski definition) is 4. The van der Waals surface area contributed by atoms with Crippen LogP contribution < -0.4 is 9.47 Å². The van der Waals surface area contributed by atoms with Gasteiger partial charge in [-0.2, -0.15) is 0 Å². The second kappa shape index (κ2) is 11.0. The van der Waals surface area contributed by atoms with Crippen LogP contribution in [0.1, 0.15) is 22.8 Å². The van der Waals surface area contributed by atoms with Gasteiger partial charge in [0.15, 0.2) is 11.5 Å². The molecule has 3 aromatic carbocycles. The maximum Gasteiger partial charge on any atom is 0.162 e. The van der Waals surface area contributed by atoms with Crippen LogP contribution in [-0.4, -0.2) is 30.7 Å². The van der Waals surface area contributed by atoms with E-state index in [2.05, 4.69) is 42.8 Å².